The Morgan fingerprint density at radius 2 is 1.95 bits per heavy atom. The first-order chi connectivity index (χ1) is 18.5. The van der Waals surface area contributed by atoms with Gasteiger partial charge in [-0.25, -0.2) is 0 Å². The summed E-state index contributed by atoms with van der Waals surface area (Å²) in [6.45, 7) is 6.12. The first-order valence-corrected chi connectivity index (χ1v) is 12.8. The molecule has 0 aliphatic carbocycles. The molecule has 38 heavy (non-hydrogen) atoms. The average Bonchev–Trinajstić information content (AvgIpc) is 3.26. The quantitative estimate of drug-likeness (QED) is 0.435. The number of nitrogens with zero attached hydrogens (tertiary/aromatic N) is 2. The Balaban J connectivity index is 1.28. The molecule has 8 nitrogen and oxygen atoms in total. The van der Waals surface area contributed by atoms with Crippen molar-refractivity contribution in [3.05, 3.63) is 89.0 Å². The van der Waals surface area contributed by atoms with Crippen molar-refractivity contribution in [2.45, 2.75) is 25.4 Å². The number of amides is 2. The van der Waals surface area contributed by atoms with Crippen LogP contribution in [-0.4, -0.2) is 56.3 Å². The smallest absolute Gasteiger partial charge is 0.251 e. The van der Waals surface area contributed by atoms with Gasteiger partial charge in [-0.3, -0.25) is 19.5 Å². The highest BCUT2D eigenvalue weighted by atomic mass is 16.5. The van der Waals surface area contributed by atoms with Crippen LogP contribution in [0.4, 0.5) is 11.4 Å². The summed E-state index contributed by atoms with van der Waals surface area (Å²) >= 11 is 0. The monoisotopic (exact) mass is 512 g/mol. The fourth-order valence-corrected chi connectivity index (χ4v) is 4.74. The molecule has 0 saturated carbocycles. The van der Waals surface area contributed by atoms with Crippen LogP contribution in [0.5, 0.6) is 5.75 Å². The van der Waals surface area contributed by atoms with E-state index in [-0.39, 0.29) is 17.9 Å². The standard InChI is InChI=1S/C30H32N4O4/c1-20(22-6-9-25(37-2)10-7-22)32-29(35)23-8-11-28-26(17-23)27(30(36)33-28)18-31-24-5-3-4-21(16-24)19-34-12-14-38-15-13-34/h3-11,16-18,20,27H,12-15,19H2,1-2H3,(H,32,35)(H,33,36)/t20-,27?/m1/s1. The second kappa shape index (κ2) is 11.6. The van der Waals surface area contributed by atoms with Gasteiger partial charge in [-0.05, 0) is 66.1 Å². The van der Waals surface area contributed by atoms with Crippen LogP contribution in [0.1, 0.15) is 45.9 Å². The van der Waals surface area contributed by atoms with E-state index in [4.69, 9.17) is 9.47 Å². The number of hydrogen-bond acceptors (Lipinski definition) is 6. The van der Waals surface area contributed by atoms with Gasteiger partial charge >= 0.3 is 0 Å². The highest BCUT2D eigenvalue weighted by Crippen LogP contribution is 2.33. The van der Waals surface area contributed by atoms with Gasteiger partial charge in [-0.1, -0.05) is 24.3 Å². The molecule has 196 valence electrons. The van der Waals surface area contributed by atoms with Crippen LogP contribution in [0.2, 0.25) is 0 Å². The van der Waals surface area contributed by atoms with E-state index in [0.29, 0.717) is 11.3 Å². The molecule has 5 rings (SSSR count). The summed E-state index contributed by atoms with van der Waals surface area (Å²) in [5.74, 6) is -0.168. The molecule has 8 heteroatoms. The van der Waals surface area contributed by atoms with E-state index in [0.717, 1.165) is 55.4 Å². The van der Waals surface area contributed by atoms with Gasteiger partial charge in [0.05, 0.1) is 32.1 Å². The van der Waals surface area contributed by atoms with Gasteiger partial charge in [0.2, 0.25) is 5.91 Å². The van der Waals surface area contributed by atoms with Gasteiger partial charge in [0.1, 0.15) is 11.7 Å². The third-order valence-corrected chi connectivity index (χ3v) is 6.95. The minimum atomic E-state index is -0.570. The van der Waals surface area contributed by atoms with Gasteiger partial charge in [-0.15, -0.1) is 0 Å². The summed E-state index contributed by atoms with van der Waals surface area (Å²) in [5.41, 5.74) is 4.87. The van der Waals surface area contributed by atoms with Crippen LogP contribution >= 0.6 is 0 Å². The number of morpholine rings is 1. The normalized spacial score (nSPS) is 18.2. The molecule has 1 unspecified atom stereocenters. The lowest BCUT2D eigenvalue weighted by Gasteiger charge is -2.26. The van der Waals surface area contributed by atoms with Crippen molar-refractivity contribution in [3.63, 3.8) is 0 Å². The minimum Gasteiger partial charge on any atom is -0.497 e. The first kappa shape index (κ1) is 25.6. The van der Waals surface area contributed by atoms with Crippen molar-refractivity contribution in [3.8, 4) is 5.75 Å². The first-order valence-electron chi connectivity index (χ1n) is 12.8. The molecule has 0 spiro atoms. The number of ether oxygens (including phenoxy) is 2. The number of hydrogen-bond donors (Lipinski definition) is 2. The molecule has 3 aromatic carbocycles. The minimum absolute atomic E-state index is 0.155. The molecule has 2 amide bonds. The van der Waals surface area contributed by atoms with Crippen molar-refractivity contribution in [2.75, 3.05) is 38.7 Å². The van der Waals surface area contributed by atoms with Crippen LogP contribution in [-0.2, 0) is 16.1 Å². The number of methoxy groups -OCH3 is 1. The van der Waals surface area contributed by atoms with Gasteiger partial charge in [-0.2, -0.15) is 0 Å². The van der Waals surface area contributed by atoms with Gasteiger partial charge in [0, 0.05) is 37.1 Å². The van der Waals surface area contributed by atoms with E-state index in [1.807, 2.05) is 49.4 Å². The number of anilines is 1. The highest BCUT2D eigenvalue weighted by molar-refractivity contribution is 6.13. The van der Waals surface area contributed by atoms with Crippen LogP contribution in [0.15, 0.2) is 71.7 Å². The van der Waals surface area contributed by atoms with Gasteiger partial charge in [0.25, 0.3) is 5.91 Å². The van der Waals surface area contributed by atoms with Crippen molar-refractivity contribution in [1.82, 2.24) is 10.2 Å². The van der Waals surface area contributed by atoms with Crippen LogP contribution < -0.4 is 15.4 Å². The Morgan fingerprint density at radius 3 is 2.71 bits per heavy atom. The Bertz CT molecular complexity index is 1330. The second-order valence-corrected chi connectivity index (χ2v) is 9.57. The van der Waals surface area contributed by atoms with E-state index < -0.39 is 5.92 Å². The highest BCUT2D eigenvalue weighted by Gasteiger charge is 2.30. The summed E-state index contributed by atoms with van der Waals surface area (Å²) in [6, 6.07) is 20.7. The fraction of sp³-hybridized carbons (Fsp3) is 0.300. The summed E-state index contributed by atoms with van der Waals surface area (Å²) in [5, 5.41) is 5.93. The molecule has 0 aromatic heterocycles. The Hall–Kier alpha value is -4.01. The maximum atomic E-state index is 13.0. The summed E-state index contributed by atoms with van der Waals surface area (Å²) in [4.78, 5) is 32.8. The van der Waals surface area contributed by atoms with E-state index in [2.05, 4.69) is 26.6 Å². The lowest BCUT2D eigenvalue weighted by atomic mass is 9.99. The molecule has 3 aromatic rings. The molecule has 2 atom stereocenters. The van der Waals surface area contributed by atoms with Gasteiger partial charge < -0.3 is 20.1 Å². The molecule has 0 radical (unpaired) electrons. The molecule has 1 fully saturated rings. The molecular formula is C30H32N4O4. The van der Waals surface area contributed by atoms with Crippen molar-refractivity contribution in [2.24, 2.45) is 4.99 Å². The van der Waals surface area contributed by atoms with E-state index >= 15 is 0 Å². The van der Waals surface area contributed by atoms with E-state index in [1.54, 1.807) is 31.5 Å². The topological polar surface area (TPSA) is 92.3 Å². The number of aliphatic imine (C=N–C) groups is 1. The second-order valence-electron chi connectivity index (χ2n) is 9.57. The van der Waals surface area contributed by atoms with Gasteiger partial charge in [0.15, 0.2) is 0 Å². The van der Waals surface area contributed by atoms with E-state index in [9.17, 15) is 9.59 Å². The molecule has 0 bridgehead atoms. The number of carbonyl (C=O) groups excluding carboxylic acids is 2. The molecule has 2 aliphatic rings. The molecule has 2 heterocycles. The number of nitrogens with one attached hydrogen (secondary N) is 2. The molecule has 2 aliphatic heterocycles. The third kappa shape index (κ3) is 5.93. The zero-order chi connectivity index (χ0) is 26.5. The molecule has 1 saturated heterocycles. The summed E-state index contributed by atoms with van der Waals surface area (Å²) < 4.78 is 10.6. The third-order valence-electron chi connectivity index (χ3n) is 6.95. The van der Waals surface area contributed by atoms with Crippen LogP contribution in [0, 0.1) is 0 Å². The molecular weight excluding hydrogens is 480 g/mol. The maximum Gasteiger partial charge on any atom is 0.251 e. The predicted octanol–water partition coefficient (Wildman–Crippen LogP) is 4.46. The van der Waals surface area contributed by atoms with Crippen molar-refractivity contribution < 1.29 is 19.1 Å². The van der Waals surface area contributed by atoms with Crippen LogP contribution in [0.3, 0.4) is 0 Å². The zero-order valence-electron chi connectivity index (χ0n) is 21.6. The lowest BCUT2D eigenvalue weighted by Crippen LogP contribution is -2.35. The number of carbonyl (C=O) groups is 2. The number of rotatable bonds is 8. The zero-order valence-corrected chi connectivity index (χ0v) is 21.6. The number of benzene rings is 3. The Labute approximate surface area is 222 Å². The lowest BCUT2D eigenvalue weighted by molar-refractivity contribution is -0.115. The SMILES string of the molecule is COc1ccc([C@@H](C)NC(=O)c2ccc3c(c2)C(C=Nc2cccc(CN4CCOCC4)c2)C(=O)N3)cc1. The summed E-state index contributed by atoms with van der Waals surface area (Å²) in [6.07, 6.45) is 1.66. The average molecular weight is 513 g/mol. The van der Waals surface area contributed by atoms with Crippen molar-refractivity contribution in [1.29, 1.82) is 0 Å². The fourth-order valence-electron chi connectivity index (χ4n) is 4.74. The maximum absolute atomic E-state index is 13.0. The predicted molar refractivity (Wildman–Crippen MR) is 147 cm³/mol. The number of fused-ring (bicyclic) bond motifs is 1. The largest absolute Gasteiger partial charge is 0.497 e. The van der Waals surface area contributed by atoms with E-state index in [1.165, 1.54) is 5.56 Å². The van der Waals surface area contributed by atoms with Crippen LogP contribution in [0.25, 0.3) is 0 Å². The molecule has 2 N–H and O–H groups in total. The summed E-state index contributed by atoms with van der Waals surface area (Å²) in [7, 11) is 1.62. The Morgan fingerprint density at radius 1 is 1.16 bits per heavy atom. The Kier molecular flexibility index (Phi) is 7.81. The van der Waals surface area contributed by atoms with Crippen molar-refractivity contribution >= 4 is 29.4 Å².